The van der Waals surface area contributed by atoms with E-state index >= 15 is 0 Å². The lowest BCUT2D eigenvalue weighted by Crippen LogP contribution is -2.23. The summed E-state index contributed by atoms with van der Waals surface area (Å²) >= 11 is 1.36. The quantitative estimate of drug-likeness (QED) is 0.758. The average molecular weight is 357 g/mol. The van der Waals surface area contributed by atoms with Gasteiger partial charge in [-0.3, -0.25) is 14.2 Å². The normalized spacial score (nSPS) is 11.2. The number of hydrogen-bond acceptors (Lipinski definition) is 6. The molecule has 1 aromatic carbocycles. The van der Waals surface area contributed by atoms with Crippen LogP contribution in [0.5, 0.6) is 0 Å². The van der Waals surface area contributed by atoms with Crippen LogP contribution in [0.4, 0.5) is 5.13 Å². The molecule has 0 aliphatic heterocycles. The maximum absolute atomic E-state index is 12.5. The number of nitrogens with zero attached hydrogens (tertiary/aromatic N) is 4. The molecule has 0 fully saturated rings. The number of carbonyl (C=O) groups excluding carboxylic acids is 1. The molecule has 130 valence electrons. The molecule has 0 atom stereocenters. The van der Waals surface area contributed by atoms with Gasteiger partial charge in [-0.15, -0.1) is 10.2 Å². The predicted octanol–water partition coefficient (Wildman–Crippen LogP) is 2.71. The van der Waals surface area contributed by atoms with Gasteiger partial charge in [0, 0.05) is 18.9 Å². The molecule has 2 aromatic heterocycles. The standard InChI is InChI=1S/C17H19N5O2S/c1-10(2)15-20-21-17(25-15)19-13(23)7-8-22-9-18-14-11(3)5-4-6-12(14)16(22)24/h4-6,9-10H,7-8H2,1-3H3,(H,19,21,23). The Morgan fingerprint density at radius 1 is 1.32 bits per heavy atom. The number of amides is 1. The van der Waals surface area contributed by atoms with E-state index in [9.17, 15) is 9.59 Å². The Bertz CT molecular complexity index is 977. The fourth-order valence-corrected chi connectivity index (χ4v) is 3.18. The number of hydrogen-bond donors (Lipinski definition) is 1. The molecular weight excluding hydrogens is 338 g/mol. The van der Waals surface area contributed by atoms with Crippen molar-refractivity contribution in [3.8, 4) is 0 Å². The van der Waals surface area contributed by atoms with Gasteiger partial charge in [-0.2, -0.15) is 0 Å². The van der Waals surface area contributed by atoms with Crippen molar-refractivity contribution in [2.45, 2.75) is 39.7 Å². The van der Waals surface area contributed by atoms with E-state index in [1.807, 2.05) is 32.9 Å². The van der Waals surface area contributed by atoms with Gasteiger partial charge in [0.2, 0.25) is 11.0 Å². The maximum Gasteiger partial charge on any atom is 0.261 e. The van der Waals surface area contributed by atoms with Crippen molar-refractivity contribution in [3.63, 3.8) is 0 Å². The van der Waals surface area contributed by atoms with Gasteiger partial charge < -0.3 is 5.32 Å². The Labute approximate surface area is 148 Å². The van der Waals surface area contributed by atoms with Gasteiger partial charge in [-0.1, -0.05) is 37.3 Å². The molecule has 0 saturated carbocycles. The highest BCUT2D eigenvalue weighted by Gasteiger charge is 2.11. The molecule has 1 N–H and O–H groups in total. The summed E-state index contributed by atoms with van der Waals surface area (Å²) < 4.78 is 1.46. The second-order valence-corrected chi connectivity index (χ2v) is 7.12. The number of carbonyl (C=O) groups is 1. The minimum atomic E-state index is -0.206. The van der Waals surface area contributed by atoms with E-state index < -0.39 is 0 Å². The molecule has 7 nitrogen and oxygen atoms in total. The first-order chi connectivity index (χ1) is 12.0. The van der Waals surface area contributed by atoms with Crippen LogP contribution < -0.4 is 10.9 Å². The molecule has 0 bridgehead atoms. The predicted molar refractivity (Wildman–Crippen MR) is 98.0 cm³/mol. The summed E-state index contributed by atoms with van der Waals surface area (Å²) in [5, 5.41) is 12.6. The summed E-state index contributed by atoms with van der Waals surface area (Å²) in [7, 11) is 0. The van der Waals surface area contributed by atoms with Crippen molar-refractivity contribution in [3.05, 3.63) is 45.5 Å². The summed E-state index contributed by atoms with van der Waals surface area (Å²) in [6.45, 7) is 6.22. The molecule has 2 heterocycles. The molecule has 3 aromatic rings. The van der Waals surface area contributed by atoms with Gasteiger partial charge in [0.15, 0.2) is 0 Å². The number of anilines is 1. The van der Waals surface area contributed by atoms with E-state index in [4.69, 9.17) is 0 Å². The second kappa shape index (κ2) is 7.10. The van der Waals surface area contributed by atoms with Crippen molar-refractivity contribution in [2.24, 2.45) is 0 Å². The van der Waals surface area contributed by atoms with Crippen LogP contribution in [-0.4, -0.2) is 25.7 Å². The minimum Gasteiger partial charge on any atom is -0.300 e. The van der Waals surface area contributed by atoms with Crippen LogP contribution in [0.15, 0.2) is 29.3 Å². The number of aryl methyl sites for hydroxylation is 2. The van der Waals surface area contributed by atoms with Crippen LogP contribution in [0.3, 0.4) is 0 Å². The topological polar surface area (TPSA) is 89.8 Å². The van der Waals surface area contributed by atoms with Crippen LogP contribution >= 0.6 is 11.3 Å². The first-order valence-electron chi connectivity index (χ1n) is 8.03. The van der Waals surface area contributed by atoms with E-state index in [-0.39, 0.29) is 30.3 Å². The highest BCUT2D eigenvalue weighted by Crippen LogP contribution is 2.22. The summed E-state index contributed by atoms with van der Waals surface area (Å²) in [5.41, 5.74) is 1.51. The summed E-state index contributed by atoms with van der Waals surface area (Å²) in [6.07, 6.45) is 1.66. The van der Waals surface area contributed by atoms with E-state index in [1.165, 1.54) is 22.2 Å². The highest BCUT2D eigenvalue weighted by molar-refractivity contribution is 7.15. The SMILES string of the molecule is Cc1cccc2c(=O)n(CCC(=O)Nc3nnc(C(C)C)s3)cnc12. The average Bonchev–Trinajstić information content (AvgIpc) is 3.04. The molecule has 0 radical (unpaired) electrons. The Morgan fingerprint density at radius 3 is 2.84 bits per heavy atom. The van der Waals surface area contributed by atoms with Gasteiger partial charge in [0.25, 0.3) is 5.56 Å². The molecule has 0 spiro atoms. The number of para-hydroxylation sites is 1. The van der Waals surface area contributed by atoms with E-state index in [2.05, 4.69) is 20.5 Å². The lowest BCUT2D eigenvalue weighted by molar-refractivity contribution is -0.116. The van der Waals surface area contributed by atoms with Crippen LogP contribution in [-0.2, 0) is 11.3 Å². The summed E-state index contributed by atoms with van der Waals surface area (Å²) in [6, 6.07) is 5.50. The molecule has 0 aliphatic rings. The second-order valence-electron chi connectivity index (χ2n) is 6.11. The molecule has 25 heavy (non-hydrogen) atoms. The largest absolute Gasteiger partial charge is 0.300 e. The Hall–Kier alpha value is -2.61. The van der Waals surface area contributed by atoms with E-state index in [0.29, 0.717) is 16.0 Å². The Kier molecular flexibility index (Phi) is 4.89. The van der Waals surface area contributed by atoms with Crippen molar-refractivity contribution in [2.75, 3.05) is 5.32 Å². The molecule has 1 amide bonds. The highest BCUT2D eigenvalue weighted by atomic mass is 32.1. The first kappa shape index (κ1) is 17.2. The van der Waals surface area contributed by atoms with Crippen LogP contribution in [0, 0.1) is 6.92 Å². The lowest BCUT2D eigenvalue weighted by atomic mass is 10.1. The third-order valence-electron chi connectivity index (χ3n) is 3.82. The number of nitrogens with one attached hydrogen (secondary N) is 1. The molecule has 8 heteroatoms. The van der Waals surface area contributed by atoms with Crippen LogP contribution in [0.2, 0.25) is 0 Å². The van der Waals surface area contributed by atoms with Crippen molar-refractivity contribution in [1.29, 1.82) is 0 Å². The maximum atomic E-state index is 12.5. The first-order valence-corrected chi connectivity index (χ1v) is 8.85. The molecule has 0 aliphatic carbocycles. The van der Waals surface area contributed by atoms with Gasteiger partial charge in [-0.25, -0.2) is 4.98 Å². The lowest BCUT2D eigenvalue weighted by Gasteiger charge is -2.07. The fraction of sp³-hybridized carbons (Fsp3) is 0.353. The molecule has 3 rings (SSSR count). The third-order valence-corrected chi connectivity index (χ3v) is 4.96. The Balaban J connectivity index is 1.68. The smallest absolute Gasteiger partial charge is 0.261 e. The number of aromatic nitrogens is 4. The molecule has 0 unspecified atom stereocenters. The van der Waals surface area contributed by atoms with Gasteiger partial charge in [-0.05, 0) is 18.6 Å². The van der Waals surface area contributed by atoms with E-state index in [1.54, 1.807) is 6.07 Å². The van der Waals surface area contributed by atoms with Gasteiger partial charge >= 0.3 is 0 Å². The van der Waals surface area contributed by atoms with Gasteiger partial charge in [0.05, 0.1) is 17.2 Å². The van der Waals surface area contributed by atoms with Gasteiger partial charge in [0.1, 0.15) is 5.01 Å². The molecular formula is C17H19N5O2S. The van der Waals surface area contributed by atoms with Crippen LogP contribution in [0.1, 0.15) is 36.8 Å². The zero-order valence-corrected chi connectivity index (χ0v) is 15.1. The third kappa shape index (κ3) is 3.74. The van der Waals surface area contributed by atoms with Crippen molar-refractivity contribution < 1.29 is 4.79 Å². The zero-order chi connectivity index (χ0) is 18.0. The van der Waals surface area contributed by atoms with E-state index in [0.717, 1.165) is 10.6 Å². The van der Waals surface area contributed by atoms with Crippen LogP contribution in [0.25, 0.3) is 10.9 Å². The number of rotatable bonds is 5. The Morgan fingerprint density at radius 2 is 2.12 bits per heavy atom. The minimum absolute atomic E-state index is 0.139. The van der Waals surface area contributed by atoms with Crippen molar-refractivity contribution >= 4 is 33.3 Å². The molecule has 0 saturated heterocycles. The number of fused-ring (bicyclic) bond motifs is 1. The summed E-state index contributed by atoms with van der Waals surface area (Å²) in [5.74, 6) is 0.0663. The fourth-order valence-electron chi connectivity index (χ4n) is 2.42. The van der Waals surface area contributed by atoms with Crippen molar-refractivity contribution in [1.82, 2.24) is 19.7 Å². The monoisotopic (exact) mass is 357 g/mol. The summed E-state index contributed by atoms with van der Waals surface area (Å²) in [4.78, 5) is 28.9. The number of benzene rings is 1. The zero-order valence-electron chi connectivity index (χ0n) is 14.3.